The number of aryl methyl sites for hydroxylation is 2. The van der Waals surface area contributed by atoms with Gasteiger partial charge in [0.05, 0.1) is 18.2 Å². The maximum absolute atomic E-state index is 12.5. The van der Waals surface area contributed by atoms with Crippen LogP contribution in [0.15, 0.2) is 58.1 Å². The Morgan fingerprint density at radius 3 is 2.55 bits per heavy atom. The van der Waals surface area contributed by atoms with Gasteiger partial charge >= 0.3 is 0 Å². The number of benzene rings is 2. The number of hydrogen-bond donors (Lipinski definition) is 1. The van der Waals surface area contributed by atoms with Crippen molar-refractivity contribution in [3.8, 4) is 5.69 Å². The first-order valence-corrected chi connectivity index (χ1v) is 13.0. The SMILES string of the molecule is Cc1cc(Cl)ccc1N(CC(=O)N/N=C\c1cc(C)n(-c2cccc(Br)c2)c1C)S(C)(=O)=O. The number of amides is 1. The third kappa shape index (κ3) is 6.04. The largest absolute Gasteiger partial charge is 0.318 e. The molecule has 3 rings (SSSR count). The predicted octanol–water partition coefficient (Wildman–Crippen LogP) is 4.73. The molecule has 0 atom stereocenters. The minimum atomic E-state index is -3.70. The molecule has 3 aromatic rings. The topological polar surface area (TPSA) is 83.8 Å². The van der Waals surface area contributed by atoms with Crippen LogP contribution in [0.1, 0.15) is 22.5 Å². The summed E-state index contributed by atoms with van der Waals surface area (Å²) in [6, 6.07) is 14.7. The maximum atomic E-state index is 12.5. The molecule has 174 valence electrons. The lowest BCUT2D eigenvalue weighted by molar-refractivity contribution is -0.119. The second-order valence-corrected chi connectivity index (χ2v) is 10.9. The van der Waals surface area contributed by atoms with Crippen LogP contribution in [0.5, 0.6) is 0 Å². The van der Waals surface area contributed by atoms with E-state index in [-0.39, 0.29) is 0 Å². The summed E-state index contributed by atoms with van der Waals surface area (Å²) >= 11 is 9.46. The van der Waals surface area contributed by atoms with Gasteiger partial charge in [0, 0.05) is 32.1 Å². The summed E-state index contributed by atoms with van der Waals surface area (Å²) in [5, 5.41) is 4.53. The molecule has 0 unspecified atom stereocenters. The van der Waals surface area contributed by atoms with Crippen molar-refractivity contribution < 1.29 is 13.2 Å². The van der Waals surface area contributed by atoms with Gasteiger partial charge in [0.1, 0.15) is 6.54 Å². The number of nitrogens with zero attached hydrogens (tertiary/aromatic N) is 3. The summed E-state index contributed by atoms with van der Waals surface area (Å²) in [6.45, 7) is 5.28. The highest BCUT2D eigenvalue weighted by Gasteiger charge is 2.22. The Morgan fingerprint density at radius 1 is 1.18 bits per heavy atom. The van der Waals surface area contributed by atoms with Gasteiger partial charge in [-0.25, -0.2) is 13.8 Å². The Labute approximate surface area is 207 Å². The Bertz CT molecular complexity index is 1340. The Hall–Kier alpha value is -2.62. The molecule has 0 aliphatic heterocycles. The molecule has 0 aliphatic rings. The Balaban J connectivity index is 1.76. The van der Waals surface area contributed by atoms with Gasteiger partial charge in [0.15, 0.2) is 0 Å². The number of carbonyl (C=O) groups excluding carboxylic acids is 1. The molecule has 1 aromatic heterocycles. The van der Waals surface area contributed by atoms with Crippen molar-refractivity contribution in [2.24, 2.45) is 5.10 Å². The van der Waals surface area contributed by atoms with Crippen LogP contribution in [-0.4, -0.2) is 37.9 Å². The van der Waals surface area contributed by atoms with E-state index in [2.05, 4.69) is 31.0 Å². The molecule has 1 amide bonds. The number of anilines is 1. The number of rotatable bonds is 7. The molecular formula is C23H24BrClN4O3S. The smallest absolute Gasteiger partial charge is 0.260 e. The number of carbonyl (C=O) groups is 1. The van der Waals surface area contributed by atoms with Crippen molar-refractivity contribution in [1.29, 1.82) is 0 Å². The highest BCUT2D eigenvalue weighted by atomic mass is 79.9. The Kier molecular flexibility index (Phi) is 7.66. The van der Waals surface area contributed by atoms with Gasteiger partial charge in [-0.2, -0.15) is 5.10 Å². The lowest BCUT2D eigenvalue weighted by Gasteiger charge is -2.23. The van der Waals surface area contributed by atoms with Crippen LogP contribution in [0.25, 0.3) is 5.69 Å². The van der Waals surface area contributed by atoms with Crippen LogP contribution in [-0.2, 0) is 14.8 Å². The average Bonchev–Trinajstić information content (AvgIpc) is 2.99. The zero-order valence-electron chi connectivity index (χ0n) is 18.6. The molecule has 0 bridgehead atoms. The number of sulfonamides is 1. The summed E-state index contributed by atoms with van der Waals surface area (Å²) < 4.78 is 28.7. The van der Waals surface area contributed by atoms with Crippen LogP contribution in [0, 0.1) is 20.8 Å². The number of aromatic nitrogens is 1. The van der Waals surface area contributed by atoms with Gasteiger partial charge in [-0.05, 0) is 68.8 Å². The van der Waals surface area contributed by atoms with E-state index in [1.54, 1.807) is 31.3 Å². The lowest BCUT2D eigenvalue weighted by atomic mass is 10.2. The minimum Gasteiger partial charge on any atom is -0.318 e. The van der Waals surface area contributed by atoms with Crippen LogP contribution in [0.3, 0.4) is 0 Å². The van der Waals surface area contributed by atoms with Crippen LogP contribution >= 0.6 is 27.5 Å². The number of hydrazone groups is 1. The summed E-state index contributed by atoms with van der Waals surface area (Å²) in [5.74, 6) is -0.563. The number of nitrogens with one attached hydrogen (secondary N) is 1. The number of hydrogen-bond acceptors (Lipinski definition) is 4. The minimum absolute atomic E-state index is 0.388. The highest BCUT2D eigenvalue weighted by molar-refractivity contribution is 9.10. The predicted molar refractivity (Wildman–Crippen MR) is 137 cm³/mol. The zero-order chi connectivity index (χ0) is 24.3. The fourth-order valence-corrected chi connectivity index (χ4v) is 5.08. The highest BCUT2D eigenvalue weighted by Crippen LogP contribution is 2.25. The molecule has 1 heterocycles. The van der Waals surface area contributed by atoms with Crippen LogP contribution < -0.4 is 9.73 Å². The van der Waals surface area contributed by atoms with Crippen molar-refractivity contribution in [2.75, 3.05) is 17.1 Å². The maximum Gasteiger partial charge on any atom is 0.260 e. The third-order valence-electron chi connectivity index (χ3n) is 5.04. The average molecular weight is 552 g/mol. The van der Waals surface area contributed by atoms with Gasteiger partial charge in [-0.15, -0.1) is 0 Å². The van der Waals surface area contributed by atoms with Crippen molar-refractivity contribution in [1.82, 2.24) is 9.99 Å². The van der Waals surface area contributed by atoms with E-state index in [0.29, 0.717) is 16.3 Å². The summed E-state index contributed by atoms with van der Waals surface area (Å²) in [6.07, 6.45) is 2.60. The van der Waals surface area contributed by atoms with Crippen molar-refractivity contribution >= 4 is 55.4 Å². The van der Waals surface area contributed by atoms with Gasteiger partial charge < -0.3 is 4.57 Å². The molecule has 7 nitrogen and oxygen atoms in total. The second-order valence-electron chi connectivity index (χ2n) is 7.64. The molecule has 0 radical (unpaired) electrons. The second kappa shape index (κ2) is 10.1. The fraction of sp³-hybridized carbons (Fsp3) is 0.217. The van der Waals surface area contributed by atoms with E-state index in [4.69, 9.17) is 11.6 Å². The third-order valence-corrected chi connectivity index (χ3v) is 6.90. The van der Waals surface area contributed by atoms with E-state index < -0.39 is 22.5 Å². The Morgan fingerprint density at radius 2 is 1.91 bits per heavy atom. The molecule has 0 saturated carbocycles. The first-order chi connectivity index (χ1) is 15.5. The standard InChI is InChI=1S/C23H24BrClN4O3S/c1-15-10-20(25)8-9-22(15)28(33(4,31)32)14-23(30)27-26-13-18-11-16(2)29(17(18)3)21-7-5-6-19(24)12-21/h5-13H,14H2,1-4H3,(H,27,30)/b26-13-. The fourth-order valence-electron chi connectivity index (χ4n) is 3.55. The van der Waals surface area contributed by atoms with Crippen LogP contribution in [0.4, 0.5) is 5.69 Å². The van der Waals surface area contributed by atoms with Crippen LogP contribution in [0.2, 0.25) is 5.02 Å². The monoisotopic (exact) mass is 550 g/mol. The molecular weight excluding hydrogens is 528 g/mol. The van der Waals surface area contributed by atoms with Crippen molar-refractivity contribution in [3.63, 3.8) is 0 Å². The first-order valence-electron chi connectivity index (χ1n) is 9.98. The van der Waals surface area contributed by atoms with E-state index in [9.17, 15) is 13.2 Å². The zero-order valence-corrected chi connectivity index (χ0v) is 21.8. The molecule has 0 spiro atoms. The molecule has 0 aliphatic carbocycles. The molecule has 2 aromatic carbocycles. The van der Waals surface area contributed by atoms with E-state index in [1.165, 1.54) is 0 Å². The summed E-state index contributed by atoms with van der Waals surface area (Å²) in [5.41, 5.74) is 7.26. The normalized spacial score (nSPS) is 11.7. The lowest BCUT2D eigenvalue weighted by Crippen LogP contribution is -2.39. The first kappa shape index (κ1) is 25.0. The van der Waals surface area contributed by atoms with Crippen molar-refractivity contribution in [3.05, 3.63) is 80.5 Å². The molecule has 1 N–H and O–H groups in total. The quantitative estimate of drug-likeness (QED) is 0.340. The van der Waals surface area contributed by atoms with E-state index in [0.717, 1.165) is 37.7 Å². The van der Waals surface area contributed by atoms with Gasteiger partial charge in [-0.1, -0.05) is 33.6 Å². The number of halogens is 2. The molecule has 0 fully saturated rings. The van der Waals surface area contributed by atoms with E-state index in [1.807, 2.05) is 44.2 Å². The van der Waals surface area contributed by atoms with Crippen molar-refractivity contribution in [2.45, 2.75) is 20.8 Å². The van der Waals surface area contributed by atoms with Gasteiger partial charge in [0.2, 0.25) is 10.0 Å². The molecule has 33 heavy (non-hydrogen) atoms. The molecule has 0 saturated heterocycles. The molecule has 10 heteroatoms. The van der Waals surface area contributed by atoms with Gasteiger partial charge in [-0.3, -0.25) is 9.10 Å². The summed E-state index contributed by atoms with van der Waals surface area (Å²) in [7, 11) is -3.70. The summed E-state index contributed by atoms with van der Waals surface area (Å²) in [4.78, 5) is 12.5. The van der Waals surface area contributed by atoms with E-state index >= 15 is 0 Å². The van der Waals surface area contributed by atoms with Gasteiger partial charge in [0.25, 0.3) is 5.91 Å².